The van der Waals surface area contributed by atoms with Gasteiger partial charge in [-0.3, -0.25) is 4.79 Å². The largest absolute Gasteiger partial charge is 0.491 e. The van der Waals surface area contributed by atoms with Crippen LogP contribution in [0.5, 0.6) is 5.75 Å². The van der Waals surface area contributed by atoms with E-state index in [-0.39, 0.29) is 24.0 Å². The maximum absolute atomic E-state index is 12.2. The number of nitrogens with two attached hydrogens (primary N) is 1. The zero-order valence-corrected chi connectivity index (χ0v) is 12.3. The lowest BCUT2D eigenvalue weighted by atomic mass is 9.86. The summed E-state index contributed by atoms with van der Waals surface area (Å²) in [7, 11) is 0. The minimum Gasteiger partial charge on any atom is -0.491 e. The van der Waals surface area contributed by atoms with Crippen molar-refractivity contribution in [2.75, 3.05) is 5.32 Å². The van der Waals surface area contributed by atoms with E-state index in [1.165, 1.54) is 0 Å². The zero-order valence-electron chi connectivity index (χ0n) is 12.3. The number of anilines is 1. The summed E-state index contributed by atoms with van der Waals surface area (Å²) in [6, 6.07) is 7.79. The zero-order chi connectivity index (χ0) is 14.5. The summed E-state index contributed by atoms with van der Waals surface area (Å²) in [5.74, 6) is 1.03. The van der Waals surface area contributed by atoms with Crippen molar-refractivity contribution >= 4 is 11.6 Å². The molecule has 1 fully saturated rings. The van der Waals surface area contributed by atoms with E-state index in [4.69, 9.17) is 10.5 Å². The fourth-order valence-corrected chi connectivity index (χ4v) is 2.51. The molecule has 1 aromatic carbocycles. The molecule has 0 spiro atoms. The molecule has 0 radical (unpaired) electrons. The predicted molar refractivity (Wildman–Crippen MR) is 80.8 cm³/mol. The predicted octanol–water partition coefficient (Wildman–Crippen LogP) is 2.93. The van der Waals surface area contributed by atoms with E-state index in [0.717, 1.165) is 37.1 Å². The van der Waals surface area contributed by atoms with E-state index in [0.29, 0.717) is 0 Å². The maximum atomic E-state index is 12.2. The first-order valence-corrected chi connectivity index (χ1v) is 7.38. The van der Waals surface area contributed by atoms with Gasteiger partial charge in [0.15, 0.2) is 0 Å². The van der Waals surface area contributed by atoms with Crippen LogP contribution < -0.4 is 15.8 Å². The van der Waals surface area contributed by atoms with Crippen LogP contribution >= 0.6 is 0 Å². The minimum atomic E-state index is 0.0985. The van der Waals surface area contributed by atoms with E-state index in [1.807, 2.05) is 38.1 Å². The minimum absolute atomic E-state index is 0.0985. The van der Waals surface area contributed by atoms with Crippen molar-refractivity contribution in [2.24, 2.45) is 11.7 Å². The smallest absolute Gasteiger partial charge is 0.227 e. The van der Waals surface area contributed by atoms with Gasteiger partial charge in [0.1, 0.15) is 5.75 Å². The molecule has 4 nitrogen and oxygen atoms in total. The maximum Gasteiger partial charge on any atom is 0.227 e. The third kappa shape index (κ3) is 4.23. The Balaban J connectivity index is 1.88. The first kappa shape index (κ1) is 14.9. The molecule has 110 valence electrons. The third-order valence-electron chi connectivity index (χ3n) is 3.64. The Bertz CT molecular complexity index is 434. The van der Waals surface area contributed by atoms with Crippen molar-refractivity contribution in [1.82, 2.24) is 0 Å². The molecule has 4 heteroatoms. The van der Waals surface area contributed by atoms with Crippen LogP contribution in [0.2, 0.25) is 0 Å². The van der Waals surface area contributed by atoms with Crippen molar-refractivity contribution in [3.8, 4) is 5.75 Å². The molecule has 0 aliphatic heterocycles. The summed E-state index contributed by atoms with van der Waals surface area (Å²) < 4.78 is 5.58. The highest BCUT2D eigenvalue weighted by atomic mass is 16.5. The second kappa shape index (κ2) is 6.75. The highest BCUT2D eigenvalue weighted by Crippen LogP contribution is 2.25. The molecule has 0 heterocycles. The SMILES string of the molecule is CC(C)Oc1ccc(NC(=O)C2CCC(N)CC2)cc1. The summed E-state index contributed by atoms with van der Waals surface area (Å²) in [6.45, 7) is 3.98. The molecular weight excluding hydrogens is 252 g/mol. The molecule has 1 amide bonds. The van der Waals surface area contributed by atoms with Gasteiger partial charge in [0, 0.05) is 17.6 Å². The number of hydrogen-bond acceptors (Lipinski definition) is 3. The highest BCUT2D eigenvalue weighted by Gasteiger charge is 2.24. The van der Waals surface area contributed by atoms with Crippen LogP contribution in [0, 0.1) is 5.92 Å². The number of benzene rings is 1. The molecule has 2 rings (SSSR count). The fraction of sp³-hybridized carbons (Fsp3) is 0.562. The normalized spacial score (nSPS) is 22.6. The van der Waals surface area contributed by atoms with Crippen molar-refractivity contribution in [2.45, 2.75) is 51.7 Å². The van der Waals surface area contributed by atoms with Gasteiger partial charge in [0.25, 0.3) is 0 Å². The molecule has 0 bridgehead atoms. The van der Waals surface area contributed by atoms with E-state index < -0.39 is 0 Å². The summed E-state index contributed by atoms with van der Waals surface area (Å²) in [6.07, 6.45) is 3.82. The van der Waals surface area contributed by atoms with Crippen molar-refractivity contribution in [3.05, 3.63) is 24.3 Å². The van der Waals surface area contributed by atoms with Crippen LogP contribution in [-0.2, 0) is 4.79 Å². The van der Waals surface area contributed by atoms with Gasteiger partial charge in [0.2, 0.25) is 5.91 Å². The van der Waals surface area contributed by atoms with Gasteiger partial charge < -0.3 is 15.8 Å². The molecule has 20 heavy (non-hydrogen) atoms. The molecule has 1 aliphatic rings. The summed E-state index contributed by atoms with van der Waals surface area (Å²) in [4.78, 5) is 12.2. The van der Waals surface area contributed by atoms with E-state index in [9.17, 15) is 4.79 Å². The first-order chi connectivity index (χ1) is 9.54. The fourth-order valence-electron chi connectivity index (χ4n) is 2.51. The lowest BCUT2D eigenvalue weighted by Crippen LogP contribution is -2.32. The molecule has 1 saturated carbocycles. The van der Waals surface area contributed by atoms with Crippen molar-refractivity contribution in [1.29, 1.82) is 0 Å². The van der Waals surface area contributed by atoms with Gasteiger partial charge in [-0.15, -0.1) is 0 Å². The Hall–Kier alpha value is -1.55. The van der Waals surface area contributed by atoms with Crippen LogP contribution in [0.25, 0.3) is 0 Å². The van der Waals surface area contributed by atoms with Gasteiger partial charge in [-0.2, -0.15) is 0 Å². The molecule has 0 unspecified atom stereocenters. The van der Waals surface area contributed by atoms with Gasteiger partial charge in [-0.1, -0.05) is 0 Å². The number of carbonyl (C=O) groups excluding carboxylic acids is 1. The van der Waals surface area contributed by atoms with Gasteiger partial charge >= 0.3 is 0 Å². The number of ether oxygens (including phenoxy) is 1. The summed E-state index contributed by atoms with van der Waals surface area (Å²) >= 11 is 0. The summed E-state index contributed by atoms with van der Waals surface area (Å²) in [5.41, 5.74) is 6.68. The first-order valence-electron chi connectivity index (χ1n) is 7.38. The van der Waals surface area contributed by atoms with E-state index >= 15 is 0 Å². The molecule has 0 aromatic heterocycles. The van der Waals surface area contributed by atoms with Crippen molar-refractivity contribution < 1.29 is 9.53 Å². The Labute approximate surface area is 120 Å². The third-order valence-corrected chi connectivity index (χ3v) is 3.64. The van der Waals surface area contributed by atoms with Gasteiger partial charge in [-0.05, 0) is 63.8 Å². The van der Waals surface area contributed by atoms with Crippen LogP contribution in [0.4, 0.5) is 5.69 Å². The van der Waals surface area contributed by atoms with Crippen LogP contribution in [-0.4, -0.2) is 18.1 Å². The molecule has 3 N–H and O–H groups in total. The Kier molecular flexibility index (Phi) is 5.01. The van der Waals surface area contributed by atoms with E-state index in [1.54, 1.807) is 0 Å². The lowest BCUT2D eigenvalue weighted by molar-refractivity contribution is -0.120. The molecular formula is C16H24N2O2. The number of amides is 1. The van der Waals surface area contributed by atoms with E-state index in [2.05, 4.69) is 5.32 Å². The second-order valence-corrected chi connectivity index (χ2v) is 5.79. The topological polar surface area (TPSA) is 64.3 Å². The number of rotatable bonds is 4. The van der Waals surface area contributed by atoms with Gasteiger partial charge in [0.05, 0.1) is 6.10 Å². The number of nitrogens with one attached hydrogen (secondary N) is 1. The van der Waals surface area contributed by atoms with Crippen LogP contribution in [0.3, 0.4) is 0 Å². The van der Waals surface area contributed by atoms with Crippen LogP contribution in [0.1, 0.15) is 39.5 Å². The molecule has 0 atom stereocenters. The lowest BCUT2D eigenvalue weighted by Gasteiger charge is -2.25. The molecule has 1 aromatic rings. The Morgan fingerprint density at radius 1 is 1.20 bits per heavy atom. The molecule has 1 aliphatic carbocycles. The second-order valence-electron chi connectivity index (χ2n) is 5.79. The average molecular weight is 276 g/mol. The Morgan fingerprint density at radius 3 is 2.35 bits per heavy atom. The average Bonchev–Trinajstić information content (AvgIpc) is 2.41. The monoisotopic (exact) mass is 276 g/mol. The Morgan fingerprint density at radius 2 is 1.80 bits per heavy atom. The standard InChI is InChI=1S/C16H24N2O2/c1-11(2)20-15-9-7-14(8-10-15)18-16(19)12-3-5-13(17)6-4-12/h7-13H,3-6,17H2,1-2H3,(H,18,19). The number of carbonyl (C=O) groups is 1. The number of hydrogen-bond donors (Lipinski definition) is 2. The van der Waals surface area contributed by atoms with Crippen LogP contribution in [0.15, 0.2) is 24.3 Å². The van der Waals surface area contributed by atoms with Crippen molar-refractivity contribution in [3.63, 3.8) is 0 Å². The highest BCUT2D eigenvalue weighted by molar-refractivity contribution is 5.92. The molecule has 0 saturated heterocycles. The quantitative estimate of drug-likeness (QED) is 0.888. The summed E-state index contributed by atoms with van der Waals surface area (Å²) in [5, 5.41) is 2.97. The van der Waals surface area contributed by atoms with Gasteiger partial charge in [-0.25, -0.2) is 0 Å².